The number of carbonyl (C=O) groups is 1. The molecule has 0 aliphatic carbocycles. The van der Waals surface area contributed by atoms with Gasteiger partial charge in [-0.2, -0.15) is 0 Å². The van der Waals surface area contributed by atoms with Gasteiger partial charge in [-0.3, -0.25) is 4.72 Å². The third-order valence-corrected chi connectivity index (χ3v) is 5.31. The molecule has 0 atom stereocenters. The van der Waals surface area contributed by atoms with Crippen LogP contribution in [0.15, 0.2) is 35.2 Å². The van der Waals surface area contributed by atoms with Gasteiger partial charge in [0.25, 0.3) is 10.0 Å². The van der Waals surface area contributed by atoms with E-state index in [1.807, 2.05) is 0 Å². The quantitative estimate of drug-likeness (QED) is 0.876. The number of esters is 1. The number of nitrogens with one attached hydrogen (secondary N) is 1. The van der Waals surface area contributed by atoms with Crippen molar-refractivity contribution in [3.8, 4) is 0 Å². The Balaban J connectivity index is 2.34. The van der Waals surface area contributed by atoms with Gasteiger partial charge in [0.05, 0.1) is 7.11 Å². The van der Waals surface area contributed by atoms with Crippen molar-refractivity contribution in [2.45, 2.75) is 11.8 Å². The van der Waals surface area contributed by atoms with Crippen LogP contribution in [0.3, 0.4) is 0 Å². The molecule has 0 unspecified atom stereocenters. The summed E-state index contributed by atoms with van der Waals surface area (Å²) in [6.45, 7) is 1.66. The molecule has 1 aromatic carbocycles. The van der Waals surface area contributed by atoms with E-state index in [0.29, 0.717) is 10.4 Å². The Morgan fingerprint density at radius 2 is 2.00 bits per heavy atom. The van der Waals surface area contributed by atoms with E-state index in [0.717, 1.165) is 17.4 Å². The van der Waals surface area contributed by atoms with Crippen molar-refractivity contribution in [1.82, 2.24) is 0 Å². The lowest BCUT2D eigenvalue weighted by Gasteiger charge is -2.06. The second-order valence-corrected chi connectivity index (χ2v) is 6.85. The summed E-state index contributed by atoms with van der Waals surface area (Å²) in [5.41, 5.74) is 0.582. The first kappa shape index (κ1) is 15.5. The SMILES string of the molecule is COC(=O)c1sc(NS(=O)(=O)c2ccccc2F)cc1C. The number of aryl methyl sites for hydroxylation is 1. The monoisotopic (exact) mass is 329 g/mol. The van der Waals surface area contributed by atoms with Crippen molar-refractivity contribution < 1.29 is 22.3 Å². The van der Waals surface area contributed by atoms with Crippen LogP contribution in [-0.2, 0) is 14.8 Å². The molecular formula is C13H12FNO4S2. The van der Waals surface area contributed by atoms with Gasteiger partial charge >= 0.3 is 5.97 Å². The third kappa shape index (κ3) is 3.22. The molecule has 8 heteroatoms. The molecule has 0 aliphatic heterocycles. The second kappa shape index (κ2) is 5.82. The summed E-state index contributed by atoms with van der Waals surface area (Å²) in [7, 11) is -2.81. The number of thiophene rings is 1. The maximum absolute atomic E-state index is 13.6. The largest absolute Gasteiger partial charge is 0.465 e. The van der Waals surface area contributed by atoms with Gasteiger partial charge in [0.2, 0.25) is 0 Å². The lowest BCUT2D eigenvalue weighted by molar-refractivity contribution is 0.0605. The highest BCUT2D eigenvalue weighted by atomic mass is 32.2. The molecule has 0 saturated heterocycles. The van der Waals surface area contributed by atoms with Crippen molar-refractivity contribution >= 4 is 32.3 Å². The van der Waals surface area contributed by atoms with E-state index in [1.165, 1.54) is 31.4 Å². The van der Waals surface area contributed by atoms with Crippen LogP contribution in [0, 0.1) is 12.7 Å². The number of hydrogen-bond donors (Lipinski definition) is 1. The zero-order valence-electron chi connectivity index (χ0n) is 11.2. The summed E-state index contributed by atoms with van der Waals surface area (Å²) in [5, 5.41) is 0.219. The van der Waals surface area contributed by atoms with E-state index >= 15 is 0 Å². The van der Waals surface area contributed by atoms with Crippen LogP contribution in [0.4, 0.5) is 9.39 Å². The summed E-state index contributed by atoms with van der Waals surface area (Å²) in [6.07, 6.45) is 0. The van der Waals surface area contributed by atoms with Crippen molar-refractivity contribution in [2.75, 3.05) is 11.8 Å². The van der Waals surface area contributed by atoms with Crippen LogP contribution in [0.2, 0.25) is 0 Å². The highest BCUT2D eigenvalue weighted by molar-refractivity contribution is 7.93. The lowest BCUT2D eigenvalue weighted by Crippen LogP contribution is -2.13. The Hall–Kier alpha value is -1.93. The van der Waals surface area contributed by atoms with Gasteiger partial charge in [-0.1, -0.05) is 12.1 Å². The fourth-order valence-corrected chi connectivity index (χ4v) is 4.03. The van der Waals surface area contributed by atoms with Gasteiger partial charge in [-0.25, -0.2) is 17.6 Å². The number of benzene rings is 1. The van der Waals surface area contributed by atoms with Crippen LogP contribution < -0.4 is 4.72 Å². The molecule has 0 saturated carbocycles. The molecule has 0 aliphatic rings. The number of halogens is 1. The highest BCUT2D eigenvalue weighted by Crippen LogP contribution is 2.29. The van der Waals surface area contributed by atoms with Gasteiger partial charge in [0.15, 0.2) is 0 Å². The number of methoxy groups -OCH3 is 1. The Morgan fingerprint density at radius 3 is 2.62 bits per heavy atom. The molecular weight excluding hydrogens is 317 g/mol. The highest BCUT2D eigenvalue weighted by Gasteiger charge is 2.21. The average Bonchev–Trinajstić information content (AvgIpc) is 2.78. The number of anilines is 1. The van der Waals surface area contributed by atoms with Gasteiger partial charge in [-0.15, -0.1) is 11.3 Å². The Labute approximate surface area is 125 Å². The molecule has 5 nitrogen and oxygen atoms in total. The van der Waals surface area contributed by atoms with Crippen LogP contribution >= 0.6 is 11.3 Å². The van der Waals surface area contributed by atoms with Crippen LogP contribution in [0.5, 0.6) is 0 Å². The van der Waals surface area contributed by atoms with E-state index in [4.69, 9.17) is 0 Å². The zero-order valence-corrected chi connectivity index (χ0v) is 12.8. The Kier molecular flexibility index (Phi) is 4.29. The standard InChI is InChI=1S/C13H12FNO4S2/c1-8-7-11(20-12(8)13(16)19-2)15-21(17,18)10-6-4-3-5-9(10)14/h3-7,15H,1-2H3. The molecule has 2 aromatic rings. The fourth-order valence-electron chi connectivity index (χ4n) is 1.68. The molecule has 0 spiro atoms. The molecule has 1 aromatic heterocycles. The van der Waals surface area contributed by atoms with Crippen molar-refractivity contribution in [1.29, 1.82) is 0 Å². The smallest absolute Gasteiger partial charge is 0.348 e. The maximum atomic E-state index is 13.6. The van der Waals surface area contributed by atoms with Gasteiger partial charge in [-0.05, 0) is 30.7 Å². The molecule has 0 fully saturated rings. The van der Waals surface area contributed by atoms with E-state index in [1.54, 1.807) is 6.92 Å². The summed E-state index contributed by atoms with van der Waals surface area (Å²) in [4.78, 5) is 11.3. The molecule has 21 heavy (non-hydrogen) atoms. The number of carbonyl (C=O) groups excluding carboxylic acids is 1. The Bertz CT molecular complexity index is 783. The van der Waals surface area contributed by atoms with Crippen LogP contribution in [-0.4, -0.2) is 21.5 Å². The topological polar surface area (TPSA) is 72.5 Å². The minimum absolute atomic E-state index is 0.219. The average molecular weight is 329 g/mol. The van der Waals surface area contributed by atoms with Gasteiger partial charge in [0, 0.05) is 0 Å². The van der Waals surface area contributed by atoms with E-state index in [9.17, 15) is 17.6 Å². The minimum Gasteiger partial charge on any atom is -0.465 e. The molecule has 0 amide bonds. The summed E-state index contributed by atoms with van der Waals surface area (Å²) in [6, 6.07) is 6.55. The first-order valence-electron chi connectivity index (χ1n) is 5.81. The van der Waals surface area contributed by atoms with E-state index in [-0.39, 0.29) is 5.00 Å². The maximum Gasteiger partial charge on any atom is 0.348 e. The molecule has 1 heterocycles. The second-order valence-electron chi connectivity index (χ2n) is 4.15. The van der Waals surface area contributed by atoms with E-state index < -0.39 is 26.7 Å². The van der Waals surface area contributed by atoms with Crippen LogP contribution in [0.1, 0.15) is 15.2 Å². The predicted molar refractivity (Wildman–Crippen MR) is 77.6 cm³/mol. The fraction of sp³-hybridized carbons (Fsp3) is 0.154. The molecule has 0 bridgehead atoms. The Morgan fingerprint density at radius 1 is 1.33 bits per heavy atom. The van der Waals surface area contributed by atoms with Gasteiger partial charge in [0.1, 0.15) is 20.6 Å². The molecule has 2 rings (SSSR count). The molecule has 1 N–H and O–H groups in total. The summed E-state index contributed by atoms with van der Waals surface area (Å²) >= 11 is 0.932. The molecule has 0 radical (unpaired) electrons. The third-order valence-electron chi connectivity index (χ3n) is 2.65. The van der Waals surface area contributed by atoms with Crippen molar-refractivity contribution in [3.63, 3.8) is 0 Å². The van der Waals surface area contributed by atoms with E-state index in [2.05, 4.69) is 9.46 Å². The first-order chi connectivity index (χ1) is 9.85. The molecule has 112 valence electrons. The first-order valence-corrected chi connectivity index (χ1v) is 8.11. The van der Waals surface area contributed by atoms with Crippen molar-refractivity contribution in [3.05, 3.63) is 46.6 Å². The summed E-state index contributed by atoms with van der Waals surface area (Å²) in [5.74, 6) is -1.39. The lowest BCUT2D eigenvalue weighted by atomic mass is 10.3. The normalized spacial score (nSPS) is 11.2. The summed E-state index contributed by atoms with van der Waals surface area (Å²) < 4.78 is 44.7. The predicted octanol–water partition coefficient (Wildman–Crippen LogP) is 2.78. The van der Waals surface area contributed by atoms with Crippen LogP contribution in [0.25, 0.3) is 0 Å². The number of ether oxygens (including phenoxy) is 1. The number of hydrogen-bond acceptors (Lipinski definition) is 5. The minimum atomic E-state index is -4.05. The van der Waals surface area contributed by atoms with Crippen molar-refractivity contribution in [2.24, 2.45) is 0 Å². The van der Waals surface area contributed by atoms with Gasteiger partial charge < -0.3 is 4.74 Å². The number of sulfonamides is 1. The zero-order chi connectivity index (χ0) is 15.6. The number of rotatable bonds is 4.